The van der Waals surface area contributed by atoms with Gasteiger partial charge >= 0.3 is 0 Å². The first kappa shape index (κ1) is 20.9. The van der Waals surface area contributed by atoms with Gasteiger partial charge in [0.15, 0.2) is 5.96 Å². The van der Waals surface area contributed by atoms with E-state index in [0.717, 1.165) is 23.2 Å². The minimum absolute atomic E-state index is 0. The van der Waals surface area contributed by atoms with Crippen LogP contribution in [-0.2, 0) is 13.1 Å². The largest absolute Gasteiger partial charge is 0.357 e. The molecule has 0 radical (unpaired) electrons. The molecule has 0 bridgehead atoms. The van der Waals surface area contributed by atoms with Crippen molar-refractivity contribution in [1.29, 1.82) is 0 Å². The fourth-order valence-electron chi connectivity index (χ4n) is 2.15. The quantitative estimate of drug-likeness (QED) is 0.382. The van der Waals surface area contributed by atoms with Gasteiger partial charge < -0.3 is 10.6 Å². The Balaban J connectivity index is 0.00000288. The highest BCUT2D eigenvalue weighted by Gasteiger charge is 2.06. The SMILES string of the molecule is CCNC(=NCc1cccc(C)c1)NCc1nc(C(C)C)cs1.I. The van der Waals surface area contributed by atoms with E-state index in [1.807, 2.05) is 0 Å². The summed E-state index contributed by atoms with van der Waals surface area (Å²) in [6.07, 6.45) is 0. The van der Waals surface area contributed by atoms with Gasteiger partial charge in [-0.2, -0.15) is 0 Å². The Morgan fingerprint density at radius 1 is 1.29 bits per heavy atom. The molecule has 1 aromatic carbocycles. The molecular formula is C18H27IN4S. The van der Waals surface area contributed by atoms with Crippen molar-refractivity contribution in [3.8, 4) is 0 Å². The maximum absolute atomic E-state index is 4.65. The van der Waals surface area contributed by atoms with Crippen LogP contribution in [-0.4, -0.2) is 17.5 Å². The molecule has 24 heavy (non-hydrogen) atoms. The van der Waals surface area contributed by atoms with Crippen LogP contribution < -0.4 is 10.6 Å². The number of thiazole rings is 1. The molecule has 0 aliphatic rings. The van der Waals surface area contributed by atoms with Crippen LogP contribution in [0.5, 0.6) is 0 Å². The van der Waals surface area contributed by atoms with Crippen molar-refractivity contribution in [2.75, 3.05) is 6.54 Å². The molecule has 0 saturated carbocycles. The van der Waals surface area contributed by atoms with Gasteiger partial charge in [0.05, 0.1) is 18.8 Å². The lowest BCUT2D eigenvalue weighted by atomic mass is 10.1. The summed E-state index contributed by atoms with van der Waals surface area (Å²) in [4.78, 5) is 9.30. The topological polar surface area (TPSA) is 49.3 Å². The molecule has 0 unspecified atom stereocenters. The highest BCUT2D eigenvalue weighted by molar-refractivity contribution is 14.0. The molecule has 0 amide bonds. The van der Waals surface area contributed by atoms with Crippen LogP contribution in [0.25, 0.3) is 0 Å². The Kier molecular flexibility index (Phi) is 9.28. The third kappa shape index (κ3) is 6.76. The number of nitrogens with one attached hydrogen (secondary N) is 2. The Morgan fingerprint density at radius 2 is 2.08 bits per heavy atom. The van der Waals surface area contributed by atoms with Gasteiger partial charge in [0.1, 0.15) is 5.01 Å². The minimum atomic E-state index is 0. The molecule has 1 heterocycles. The number of hydrogen-bond donors (Lipinski definition) is 2. The summed E-state index contributed by atoms with van der Waals surface area (Å²) in [5.74, 6) is 1.30. The Bertz CT molecular complexity index is 652. The normalized spacial score (nSPS) is 11.3. The predicted molar refractivity (Wildman–Crippen MR) is 114 cm³/mol. The molecule has 1 aromatic heterocycles. The molecule has 2 N–H and O–H groups in total. The highest BCUT2D eigenvalue weighted by Crippen LogP contribution is 2.17. The first-order chi connectivity index (χ1) is 11.1. The van der Waals surface area contributed by atoms with E-state index in [4.69, 9.17) is 0 Å². The van der Waals surface area contributed by atoms with E-state index in [9.17, 15) is 0 Å². The monoisotopic (exact) mass is 458 g/mol. The van der Waals surface area contributed by atoms with Crippen LogP contribution in [0.1, 0.15) is 48.5 Å². The Labute approximate surface area is 166 Å². The van der Waals surface area contributed by atoms with E-state index < -0.39 is 0 Å². The smallest absolute Gasteiger partial charge is 0.191 e. The lowest BCUT2D eigenvalue weighted by Crippen LogP contribution is -2.36. The van der Waals surface area contributed by atoms with Crippen LogP contribution in [0.2, 0.25) is 0 Å². The second-order valence-corrected chi connectivity index (χ2v) is 6.80. The van der Waals surface area contributed by atoms with Gasteiger partial charge in [-0.15, -0.1) is 35.3 Å². The summed E-state index contributed by atoms with van der Waals surface area (Å²) < 4.78 is 0. The Hall–Kier alpha value is -1.15. The summed E-state index contributed by atoms with van der Waals surface area (Å²) in [5.41, 5.74) is 3.65. The van der Waals surface area contributed by atoms with Crippen LogP contribution in [0.4, 0.5) is 0 Å². The van der Waals surface area contributed by atoms with E-state index in [0.29, 0.717) is 19.0 Å². The van der Waals surface area contributed by atoms with Crippen molar-refractivity contribution < 1.29 is 0 Å². The molecule has 4 nitrogen and oxygen atoms in total. The number of aryl methyl sites for hydroxylation is 1. The summed E-state index contributed by atoms with van der Waals surface area (Å²) in [7, 11) is 0. The van der Waals surface area contributed by atoms with Crippen molar-refractivity contribution in [2.45, 2.75) is 46.7 Å². The van der Waals surface area contributed by atoms with Crippen molar-refractivity contribution in [3.05, 3.63) is 51.5 Å². The number of aliphatic imine (C=N–C) groups is 1. The van der Waals surface area contributed by atoms with Crippen LogP contribution in [0, 0.1) is 6.92 Å². The molecule has 0 atom stereocenters. The van der Waals surface area contributed by atoms with Gasteiger partial charge in [0, 0.05) is 11.9 Å². The summed E-state index contributed by atoms with van der Waals surface area (Å²) in [6.45, 7) is 10.7. The van der Waals surface area contributed by atoms with E-state index in [1.165, 1.54) is 11.1 Å². The van der Waals surface area contributed by atoms with Crippen LogP contribution in [0.15, 0.2) is 34.6 Å². The summed E-state index contributed by atoms with van der Waals surface area (Å²) in [6, 6.07) is 8.45. The van der Waals surface area contributed by atoms with Gasteiger partial charge in [-0.3, -0.25) is 0 Å². The fraction of sp³-hybridized carbons (Fsp3) is 0.444. The number of aromatic nitrogens is 1. The van der Waals surface area contributed by atoms with Crippen molar-refractivity contribution >= 4 is 41.3 Å². The molecule has 0 fully saturated rings. The maximum Gasteiger partial charge on any atom is 0.191 e. The third-order valence-electron chi connectivity index (χ3n) is 3.41. The van der Waals surface area contributed by atoms with Crippen LogP contribution in [0.3, 0.4) is 0 Å². The van der Waals surface area contributed by atoms with E-state index in [-0.39, 0.29) is 24.0 Å². The highest BCUT2D eigenvalue weighted by atomic mass is 127. The Morgan fingerprint density at radius 3 is 2.71 bits per heavy atom. The average Bonchev–Trinajstić information content (AvgIpc) is 2.99. The average molecular weight is 458 g/mol. The fourth-order valence-corrected chi connectivity index (χ4v) is 3.05. The van der Waals surface area contributed by atoms with Gasteiger partial charge in [-0.05, 0) is 25.3 Å². The first-order valence-corrected chi connectivity index (χ1v) is 8.98. The second kappa shape index (κ2) is 10.7. The molecule has 0 saturated heterocycles. The number of guanidine groups is 1. The number of halogens is 1. The molecule has 0 spiro atoms. The van der Waals surface area contributed by atoms with Crippen molar-refractivity contribution in [1.82, 2.24) is 15.6 Å². The predicted octanol–water partition coefficient (Wildman–Crippen LogP) is 4.45. The molecular weight excluding hydrogens is 431 g/mol. The number of benzene rings is 1. The molecule has 2 rings (SSSR count). The van der Waals surface area contributed by atoms with Gasteiger partial charge in [-0.1, -0.05) is 43.7 Å². The number of hydrogen-bond acceptors (Lipinski definition) is 3. The zero-order valence-electron chi connectivity index (χ0n) is 14.8. The standard InChI is InChI=1S/C18H26N4S.HI/c1-5-19-18(20-10-15-8-6-7-14(4)9-15)21-11-17-22-16(12-23-17)13(2)3;/h6-9,12-13H,5,10-11H2,1-4H3,(H2,19,20,21);1H. The molecule has 6 heteroatoms. The second-order valence-electron chi connectivity index (χ2n) is 5.86. The lowest BCUT2D eigenvalue weighted by molar-refractivity contribution is 0.788. The third-order valence-corrected chi connectivity index (χ3v) is 4.28. The number of nitrogens with zero attached hydrogens (tertiary/aromatic N) is 2. The lowest BCUT2D eigenvalue weighted by Gasteiger charge is -2.10. The zero-order chi connectivity index (χ0) is 16.7. The van der Waals surface area contributed by atoms with Crippen LogP contribution >= 0.6 is 35.3 Å². The summed E-state index contributed by atoms with van der Waals surface area (Å²) >= 11 is 1.70. The maximum atomic E-state index is 4.65. The molecule has 0 aliphatic heterocycles. The molecule has 2 aromatic rings. The molecule has 0 aliphatic carbocycles. The zero-order valence-corrected chi connectivity index (χ0v) is 17.9. The number of rotatable bonds is 6. The molecule has 132 valence electrons. The van der Waals surface area contributed by atoms with Crippen molar-refractivity contribution in [2.24, 2.45) is 4.99 Å². The first-order valence-electron chi connectivity index (χ1n) is 8.10. The van der Waals surface area contributed by atoms with E-state index in [2.05, 4.69) is 78.0 Å². The summed E-state index contributed by atoms with van der Waals surface area (Å²) in [5, 5.41) is 9.87. The van der Waals surface area contributed by atoms with Gasteiger partial charge in [-0.25, -0.2) is 9.98 Å². The minimum Gasteiger partial charge on any atom is -0.357 e. The van der Waals surface area contributed by atoms with Gasteiger partial charge in [0.2, 0.25) is 0 Å². The van der Waals surface area contributed by atoms with Gasteiger partial charge in [0.25, 0.3) is 0 Å². The van der Waals surface area contributed by atoms with Crippen molar-refractivity contribution in [3.63, 3.8) is 0 Å². The van der Waals surface area contributed by atoms with E-state index in [1.54, 1.807) is 11.3 Å². The van der Waals surface area contributed by atoms with E-state index >= 15 is 0 Å².